The summed E-state index contributed by atoms with van der Waals surface area (Å²) in [6.45, 7) is 2.46. The van der Waals surface area contributed by atoms with E-state index in [1.807, 2.05) is 67.6 Å². The van der Waals surface area contributed by atoms with E-state index in [1.165, 1.54) is 0 Å². The van der Waals surface area contributed by atoms with Crippen molar-refractivity contribution in [3.05, 3.63) is 81.6 Å². The first kappa shape index (κ1) is 20.4. The van der Waals surface area contributed by atoms with Crippen molar-refractivity contribution >= 4 is 17.7 Å². The van der Waals surface area contributed by atoms with Crippen LogP contribution >= 0.6 is 11.8 Å². The zero-order valence-electron chi connectivity index (χ0n) is 16.2. The average Bonchev–Trinajstić information content (AvgIpc) is 2.73. The Labute approximate surface area is 173 Å². The van der Waals surface area contributed by atoms with E-state index in [4.69, 9.17) is 0 Å². The lowest BCUT2D eigenvalue weighted by atomic mass is 10.1. The molecule has 3 rings (SSSR count). The molecule has 0 saturated carbocycles. The van der Waals surface area contributed by atoms with E-state index < -0.39 is 5.56 Å². The number of H-pyrrole nitrogens is 1. The smallest absolute Gasteiger partial charge is 0.270 e. The highest BCUT2D eigenvalue weighted by Crippen LogP contribution is 2.22. The number of hydrogen-bond acceptors (Lipinski definition) is 5. The molecule has 0 fully saturated rings. The van der Waals surface area contributed by atoms with Crippen molar-refractivity contribution in [2.24, 2.45) is 0 Å². The van der Waals surface area contributed by atoms with Gasteiger partial charge in [-0.05, 0) is 12.5 Å². The molecule has 1 aromatic heterocycles. The molecule has 29 heavy (non-hydrogen) atoms. The van der Waals surface area contributed by atoms with Gasteiger partial charge in [0.05, 0.1) is 11.4 Å². The summed E-state index contributed by atoms with van der Waals surface area (Å²) in [7, 11) is 1.74. The summed E-state index contributed by atoms with van der Waals surface area (Å²) in [5.41, 5.74) is 2.58. The van der Waals surface area contributed by atoms with Gasteiger partial charge in [-0.15, -0.1) is 0 Å². The molecule has 0 radical (unpaired) electrons. The number of rotatable bonds is 6. The number of carbonyl (C=O) groups excluding carboxylic acids is 1. The topological polar surface area (TPSA) is 89.8 Å². The zero-order chi connectivity index (χ0) is 20.8. The SMILES string of the molecule is Cc1ccc(-c2nc(SCC(=O)N(C)Cc3ccccc3)[nH]c(=O)c2C#N)cc1. The fraction of sp³-hybridized carbons (Fsp3) is 0.182. The molecular formula is C22H20N4O2S. The predicted octanol–water partition coefficient (Wildman–Crippen LogP) is 3.37. The predicted molar refractivity (Wildman–Crippen MR) is 113 cm³/mol. The van der Waals surface area contributed by atoms with Crippen LogP contribution in [-0.2, 0) is 11.3 Å². The zero-order valence-corrected chi connectivity index (χ0v) is 17.0. The minimum atomic E-state index is -0.509. The minimum absolute atomic E-state index is 0.0364. The Morgan fingerprint density at radius 1 is 1.17 bits per heavy atom. The van der Waals surface area contributed by atoms with Crippen molar-refractivity contribution in [3.8, 4) is 17.3 Å². The van der Waals surface area contributed by atoms with Gasteiger partial charge in [0.15, 0.2) is 5.16 Å². The van der Waals surface area contributed by atoms with Crippen LogP contribution in [-0.4, -0.2) is 33.6 Å². The number of nitrogens with one attached hydrogen (secondary N) is 1. The Morgan fingerprint density at radius 2 is 1.86 bits per heavy atom. The van der Waals surface area contributed by atoms with Crippen molar-refractivity contribution in [3.63, 3.8) is 0 Å². The number of hydrogen-bond donors (Lipinski definition) is 1. The average molecular weight is 404 g/mol. The van der Waals surface area contributed by atoms with E-state index >= 15 is 0 Å². The van der Waals surface area contributed by atoms with Gasteiger partial charge in [-0.1, -0.05) is 71.9 Å². The molecule has 7 heteroatoms. The molecule has 146 valence electrons. The van der Waals surface area contributed by atoms with E-state index in [-0.39, 0.29) is 17.2 Å². The monoisotopic (exact) mass is 404 g/mol. The molecule has 0 aliphatic rings. The molecule has 3 aromatic rings. The van der Waals surface area contributed by atoms with Gasteiger partial charge in [0.1, 0.15) is 11.6 Å². The van der Waals surface area contributed by atoms with Gasteiger partial charge in [0.25, 0.3) is 5.56 Å². The van der Waals surface area contributed by atoms with Gasteiger partial charge >= 0.3 is 0 Å². The normalized spacial score (nSPS) is 10.4. The second-order valence-corrected chi connectivity index (χ2v) is 7.56. The fourth-order valence-electron chi connectivity index (χ4n) is 2.73. The van der Waals surface area contributed by atoms with Crippen LogP contribution in [0.15, 0.2) is 64.5 Å². The van der Waals surface area contributed by atoms with Crippen LogP contribution in [0, 0.1) is 18.3 Å². The van der Waals surface area contributed by atoms with Crippen LogP contribution in [0.1, 0.15) is 16.7 Å². The first-order valence-corrected chi connectivity index (χ1v) is 9.98. The third kappa shape index (κ3) is 5.12. The molecular weight excluding hydrogens is 384 g/mol. The number of amides is 1. The lowest BCUT2D eigenvalue weighted by Crippen LogP contribution is -2.28. The number of aromatic amines is 1. The first-order chi connectivity index (χ1) is 14.0. The van der Waals surface area contributed by atoms with Crippen LogP contribution in [0.25, 0.3) is 11.3 Å². The summed E-state index contributed by atoms with van der Waals surface area (Å²) >= 11 is 1.15. The molecule has 1 heterocycles. The molecule has 1 N–H and O–H groups in total. The number of carbonyl (C=O) groups is 1. The van der Waals surface area contributed by atoms with E-state index in [9.17, 15) is 14.9 Å². The highest BCUT2D eigenvalue weighted by atomic mass is 32.2. The van der Waals surface area contributed by atoms with Gasteiger partial charge in [0, 0.05) is 19.2 Å². The number of nitriles is 1. The van der Waals surface area contributed by atoms with Crippen molar-refractivity contribution < 1.29 is 4.79 Å². The van der Waals surface area contributed by atoms with Gasteiger partial charge in [-0.3, -0.25) is 9.59 Å². The number of nitrogens with zero attached hydrogens (tertiary/aromatic N) is 3. The third-order valence-corrected chi connectivity index (χ3v) is 5.21. The summed E-state index contributed by atoms with van der Waals surface area (Å²) in [5.74, 6) is 0.0497. The molecule has 0 spiro atoms. The number of benzene rings is 2. The van der Waals surface area contributed by atoms with Crippen LogP contribution in [0.3, 0.4) is 0 Å². The molecule has 1 amide bonds. The minimum Gasteiger partial charge on any atom is -0.341 e. The van der Waals surface area contributed by atoms with E-state index in [2.05, 4.69) is 9.97 Å². The quantitative estimate of drug-likeness (QED) is 0.503. The second kappa shape index (κ2) is 9.22. The molecule has 2 aromatic carbocycles. The van der Waals surface area contributed by atoms with E-state index in [0.29, 0.717) is 23.0 Å². The Kier molecular flexibility index (Phi) is 6.47. The molecule has 0 atom stereocenters. The molecule has 0 saturated heterocycles. The van der Waals surface area contributed by atoms with Crippen LogP contribution in [0.2, 0.25) is 0 Å². The van der Waals surface area contributed by atoms with Crippen molar-refractivity contribution in [1.82, 2.24) is 14.9 Å². The highest BCUT2D eigenvalue weighted by molar-refractivity contribution is 7.99. The maximum Gasteiger partial charge on any atom is 0.270 e. The molecule has 0 aliphatic carbocycles. The number of thioether (sulfide) groups is 1. The molecule has 0 unspecified atom stereocenters. The van der Waals surface area contributed by atoms with Crippen molar-refractivity contribution in [2.45, 2.75) is 18.6 Å². The number of aromatic nitrogens is 2. The van der Waals surface area contributed by atoms with Crippen LogP contribution in [0.4, 0.5) is 0 Å². The van der Waals surface area contributed by atoms with Gasteiger partial charge in [0.2, 0.25) is 5.91 Å². The maximum atomic E-state index is 12.5. The Balaban J connectivity index is 1.76. The fourth-order valence-corrected chi connectivity index (χ4v) is 3.53. The maximum absolute atomic E-state index is 12.5. The Morgan fingerprint density at radius 3 is 2.52 bits per heavy atom. The number of aryl methyl sites for hydroxylation is 1. The van der Waals surface area contributed by atoms with Gasteiger partial charge in [-0.2, -0.15) is 5.26 Å². The molecule has 0 bridgehead atoms. The van der Waals surface area contributed by atoms with Crippen LogP contribution in [0.5, 0.6) is 0 Å². The largest absolute Gasteiger partial charge is 0.341 e. The van der Waals surface area contributed by atoms with Gasteiger partial charge < -0.3 is 9.88 Å². The van der Waals surface area contributed by atoms with E-state index in [0.717, 1.165) is 22.9 Å². The second-order valence-electron chi connectivity index (χ2n) is 6.60. The highest BCUT2D eigenvalue weighted by Gasteiger charge is 2.16. The molecule has 6 nitrogen and oxygen atoms in total. The standard InChI is InChI=1S/C22H20N4O2S/c1-15-8-10-17(11-9-15)20-18(12-23)21(28)25-22(24-20)29-14-19(27)26(2)13-16-6-4-3-5-7-16/h3-11H,13-14H2,1-2H3,(H,24,25,28). The van der Waals surface area contributed by atoms with E-state index in [1.54, 1.807) is 11.9 Å². The van der Waals surface area contributed by atoms with Crippen LogP contribution < -0.4 is 5.56 Å². The van der Waals surface area contributed by atoms with Crippen molar-refractivity contribution in [1.29, 1.82) is 5.26 Å². The summed E-state index contributed by atoms with van der Waals surface area (Å²) in [4.78, 5) is 33.4. The first-order valence-electron chi connectivity index (χ1n) is 9.00. The summed E-state index contributed by atoms with van der Waals surface area (Å²) in [6, 6.07) is 19.1. The Bertz CT molecular complexity index is 1100. The van der Waals surface area contributed by atoms with Gasteiger partial charge in [-0.25, -0.2) is 4.98 Å². The summed E-state index contributed by atoms with van der Waals surface area (Å²) < 4.78 is 0. The summed E-state index contributed by atoms with van der Waals surface area (Å²) in [6.07, 6.45) is 0. The lowest BCUT2D eigenvalue weighted by Gasteiger charge is -2.17. The lowest BCUT2D eigenvalue weighted by molar-refractivity contribution is -0.127. The third-order valence-electron chi connectivity index (χ3n) is 4.36. The van der Waals surface area contributed by atoms with Crippen molar-refractivity contribution in [2.75, 3.05) is 12.8 Å². The molecule has 0 aliphatic heterocycles. The Hall–Kier alpha value is -3.37. The summed E-state index contributed by atoms with van der Waals surface area (Å²) in [5, 5.41) is 9.67.